The van der Waals surface area contributed by atoms with Crippen molar-refractivity contribution in [3.63, 3.8) is 0 Å². The Bertz CT molecular complexity index is 307. The quantitative estimate of drug-likeness (QED) is 0.295. The smallest absolute Gasteiger partial charge is 0.313 e. The molecule has 0 amide bonds. The molecule has 0 spiro atoms. The average Bonchev–Trinajstić information content (AvgIpc) is 2.23. The molecule has 0 aliphatic carbocycles. The van der Waals surface area contributed by atoms with Gasteiger partial charge in [0.1, 0.15) is 12.5 Å². The molecule has 2 atom stereocenters. The number of rotatable bonds is 8. The van der Waals surface area contributed by atoms with Crippen molar-refractivity contribution in [3.8, 4) is 0 Å². The normalized spacial score (nSPS) is 14.7. The second-order valence-electron chi connectivity index (χ2n) is 5.19. The maximum absolute atomic E-state index is 12.1. The van der Waals surface area contributed by atoms with Crippen molar-refractivity contribution in [2.24, 2.45) is 5.92 Å². The van der Waals surface area contributed by atoms with Gasteiger partial charge in [-0.3, -0.25) is 9.59 Å². The number of carbonyl (C=O) groups excluding carboxylic acids is 2. The van der Waals surface area contributed by atoms with E-state index in [9.17, 15) is 9.59 Å². The highest BCUT2D eigenvalue weighted by molar-refractivity contribution is 6.69. The molecule has 0 aromatic rings. The van der Waals surface area contributed by atoms with Gasteiger partial charge in [-0.1, -0.05) is 13.0 Å². The van der Waals surface area contributed by atoms with Crippen LogP contribution >= 0.6 is 0 Å². The number of hydrogen-bond donors (Lipinski definition) is 0. The summed E-state index contributed by atoms with van der Waals surface area (Å²) in [5, 5.41) is 0. The molecule has 5 heteroatoms. The second-order valence-corrected chi connectivity index (χ2v) is 9.65. The Morgan fingerprint density at radius 3 is 2.28 bits per heavy atom. The first-order chi connectivity index (χ1) is 8.21. The number of esters is 1. The Morgan fingerprint density at radius 1 is 1.33 bits per heavy atom. The number of hydrogen-bond acceptors (Lipinski definition) is 4. The fourth-order valence-electron chi connectivity index (χ4n) is 1.43. The molecule has 0 rings (SSSR count). The van der Waals surface area contributed by atoms with Crippen LogP contribution in [0, 0.1) is 5.92 Å². The lowest BCUT2D eigenvalue weighted by Gasteiger charge is -2.28. The predicted molar refractivity (Wildman–Crippen MR) is 73.8 cm³/mol. The largest absolute Gasteiger partial charge is 0.466 e. The van der Waals surface area contributed by atoms with Crippen LogP contribution < -0.4 is 0 Å². The standard InChI is InChI=1S/C13H24O4Si/c1-7-10(3)13(17-18(4,5)6)11(14)9-12(15)16-8-2/h7,10,13H,1,8-9H2,2-6H3/t10-,13-/m1/s1. The molecule has 0 heterocycles. The monoisotopic (exact) mass is 272 g/mol. The van der Waals surface area contributed by atoms with Crippen molar-refractivity contribution >= 4 is 20.1 Å². The molecule has 0 aromatic carbocycles. The lowest BCUT2D eigenvalue weighted by atomic mass is 9.99. The lowest BCUT2D eigenvalue weighted by molar-refractivity contribution is -0.147. The van der Waals surface area contributed by atoms with Gasteiger partial charge >= 0.3 is 5.97 Å². The summed E-state index contributed by atoms with van der Waals surface area (Å²) in [5.41, 5.74) is 0. The van der Waals surface area contributed by atoms with E-state index < -0.39 is 20.4 Å². The van der Waals surface area contributed by atoms with Crippen LogP contribution in [0.15, 0.2) is 12.7 Å². The van der Waals surface area contributed by atoms with Gasteiger partial charge in [0.05, 0.1) is 6.61 Å². The molecular formula is C13H24O4Si. The van der Waals surface area contributed by atoms with Gasteiger partial charge < -0.3 is 9.16 Å². The summed E-state index contributed by atoms with van der Waals surface area (Å²) in [5.74, 6) is -0.843. The third kappa shape index (κ3) is 6.71. The van der Waals surface area contributed by atoms with Gasteiger partial charge in [-0.05, 0) is 26.6 Å². The highest BCUT2D eigenvalue weighted by Crippen LogP contribution is 2.17. The Morgan fingerprint density at radius 2 is 1.89 bits per heavy atom. The third-order valence-corrected chi connectivity index (χ3v) is 3.23. The van der Waals surface area contributed by atoms with E-state index in [4.69, 9.17) is 9.16 Å². The van der Waals surface area contributed by atoms with E-state index >= 15 is 0 Å². The van der Waals surface area contributed by atoms with Crippen molar-refractivity contribution < 1.29 is 18.8 Å². The Labute approximate surface area is 110 Å². The summed E-state index contributed by atoms with van der Waals surface area (Å²) in [6, 6.07) is 0. The first-order valence-corrected chi connectivity index (χ1v) is 9.60. The molecule has 0 bridgehead atoms. The molecule has 0 fully saturated rings. The van der Waals surface area contributed by atoms with E-state index in [1.807, 2.05) is 26.6 Å². The van der Waals surface area contributed by atoms with Crippen molar-refractivity contribution in [1.29, 1.82) is 0 Å². The van der Waals surface area contributed by atoms with Gasteiger partial charge in [-0.2, -0.15) is 0 Å². The number of ketones is 1. The zero-order valence-electron chi connectivity index (χ0n) is 12.0. The third-order valence-electron chi connectivity index (χ3n) is 2.27. The van der Waals surface area contributed by atoms with Gasteiger partial charge in [0, 0.05) is 5.92 Å². The second kappa shape index (κ2) is 7.48. The zero-order chi connectivity index (χ0) is 14.3. The summed E-state index contributed by atoms with van der Waals surface area (Å²) < 4.78 is 10.6. The highest BCUT2D eigenvalue weighted by Gasteiger charge is 2.31. The number of carbonyl (C=O) groups is 2. The zero-order valence-corrected chi connectivity index (χ0v) is 13.0. The van der Waals surface area contributed by atoms with Gasteiger partial charge in [-0.15, -0.1) is 6.58 Å². The van der Waals surface area contributed by atoms with Crippen LogP contribution in [0.25, 0.3) is 0 Å². The van der Waals surface area contributed by atoms with Crippen molar-refractivity contribution in [1.82, 2.24) is 0 Å². The minimum Gasteiger partial charge on any atom is -0.466 e. The maximum atomic E-state index is 12.1. The van der Waals surface area contributed by atoms with Crippen molar-refractivity contribution in [3.05, 3.63) is 12.7 Å². The van der Waals surface area contributed by atoms with E-state index in [0.717, 1.165) is 0 Å². The Balaban J connectivity index is 4.70. The fourth-order valence-corrected chi connectivity index (χ4v) is 2.53. The van der Waals surface area contributed by atoms with Crippen LogP contribution in [0.4, 0.5) is 0 Å². The van der Waals surface area contributed by atoms with Crippen molar-refractivity contribution in [2.75, 3.05) is 6.61 Å². The molecule has 0 N–H and O–H groups in total. The predicted octanol–water partition coefficient (Wildman–Crippen LogP) is 2.55. The van der Waals surface area contributed by atoms with E-state index in [1.54, 1.807) is 13.0 Å². The van der Waals surface area contributed by atoms with Crippen molar-refractivity contribution in [2.45, 2.75) is 46.0 Å². The summed E-state index contributed by atoms with van der Waals surface area (Å²) in [6.07, 6.45) is 0.841. The van der Waals surface area contributed by atoms with Crippen LogP contribution in [0.2, 0.25) is 19.6 Å². The SMILES string of the molecule is C=C[C@@H](C)[C@@H](O[Si](C)(C)C)C(=O)CC(=O)OCC. The van der Waals surface area contributed by atoms with Gasteiger partial charge in [0.25, 0.3) is 0 Å². The molecule has 0 aromatic heterocycles. The van der Waals surface area contributed by atoms with Crippen LogP contribution in [0.1, 0.15) is 20.3 Å². The van der Waals surface area contributed by atoms with Crippen LogP contribution in [0.5, 0.6) is 0 Å². The molecule has 0 saturated heterocycles. The van der Waals surface area contributed by atoms with Gasteiger partial charge in [-0.25, -0.2) is 0 Å². The molecular weight excluding hydrogens is 248 g/mol. The van der Waals surface area contributed by atoms with Gasteiger partial charge in [0.15, 0.2) is 14.1 Å². The lowest BCUT2D eigenvalue weighted by Crippen LogP contribution is -2.40. The van der Waals surface area contributed by atoms with Crippen LogP contribution in [-0.4, -0.2) is 32.8 Å². The maximum Gasteiger partial charge on any atom is 0.313 e. The van der Waals surface area contributed by atoms with Crippen LogP contribution in [0.3, 0.4) is 0 Å². The van der Waals surface area contributed by atoms with E-state index in [1.165, 1.54) is 0 Å². The van der Waals surface area contributed by atoms with E-state index in [2.05, 4.69) is 6.58 Å². The molecule has 18 heavy (non-hydrogen) atoms. The van der Waals surface area contributed by atoms with E-state index in [0.29, 0.717) is 0 Å². The molecule has 0 aliphatic heterocycles. The summed E-state index contributed by atoms with van der Waals surface area (Å²) in [6.45, 7) is 13.6. The summed E-state index contributed by atoms with van der Waals surface area (Å²) in [7, 11) is -1.85. The highest BCUT2D eigenvalue weighted by atomic mass is 28.4. The molecule has 0 aliphatic rings. The average molecular weight is 272 g/mol. The first kappa shape index (κ1) is 17.1. The molecule has 104 valence electrons. The van der Waals surface area contributed by atoms with Crippen LogP contribution in [-0.2, 0) is 18.8 Å². The first-order valence-electron chi connectivity index (χ1n) is 6.20. The minimum absolute atomic E-state index is 0.112. The molecule has 0 radical (unpaired) electrons. The summed E-state index contributed by atoms with van der Waals surface area (Å²) in [4.78, 5) is 23.4. The Hall–Kier alpha value is -0.943. The summed E-state index contributed by atoms with van der Waals surface area (Å²) >= 11 is 0. The molecule has 4 nitrogen and oxygen atoms in total. The van der Waals surface area contributed by atoms with Gasteiger partial charge in [0.2, 0.25) is 0 Å². The minimum atomic E-state index is -1.85. The topological polar surface area (TPSA) is 52.6 Å². The number of Topliss-reactive ketones (excluding diaryl/α,β-unsaturated/α-hetero) is 1. The fraction of sp³-hybridized carbons (Fsp3) is 0.692. The Kier molecular flexibility index (Phi) is 7.09. The molecule has 0 unspecified atom stereocenters. The molecule has 0 saturated carbocycles. The van der Waals surface area contributed by atoms with E-state index in [-0.39, 0.29) is 24.7 Å². The number of ether oxygens (including phenoxy) is 1.